The lowest BCUT2D eigenvalue weighted by Gasteiger charge is -2.41. The summed E-state index contributed by atoms with van der Waals surface area (Å²) in [7, 11) is 1.74. The lowest BCUT2D eigenvalue weighted by Crippen LogP contribution is -2.53. The molecule has 0 atom stereocenters. The van der Waals surface area contributed by atoms with E-state index in [1.165, 1.54) is 5.57 Å². The van der Waals surface area contributed by atoms with Crippen LogP contribution in [0.1, 0.15) is 39.8 Å². The van der Waals surface area contributed by atoms with Crippen LogP contribution in [0.4, 0.5) is 0 Å². The number of ether oxygens (including phenoxy) is 1. The van der Waals surface area contributed by atoms with Gasteiger partial charge in [-0.3, -0.25) is 9.20 Å². The first-order valence-electron chi connectivity index (χ1n) is 11.0. The average molecular weight is 459 g/mol. The monoisotopic (exact) mass is 458 g/mol. The Hall–Kier alpha value is -3.92. The molecule has 1 aromatic carbocycles. The molecule has 0 bridgehead atoms. The Kier molecular flexibility index (Phi) is 5.05. The van der Waals surface area contributed by atoms with Crippen molar-refractivity contribution in [1.29, 1.82) is 0 Å². The van der Waals surface area contributed by atoms with Crippen molar-refractivity contribution in [2.45, 2.75) is 45.2 Å². The number of benzene rings is 1. The second-order valence-electron chi connectivity index (χ2n) is 9.77. The molecule has 3 aromatic heterocycles. The molecule has 0 spiro atoms. The summed E-state index contributed by atoms with van der Waals surface area (Å²) in [5, 5.41) is 15.2. The summed E-state index contributed by atoms with van der Waals surface area (Å²) in [5.74, 6) is 1.49. The molecule has 0 radical (unpaired) electrons. The number of aromatic nitrogens is 7. The van der Waals surface area contributed by atoms with Crippen LogP contribution >= 0.6 is 0 Å². The molecule has 1 aliphatic rings. The molecule has 0 aliphatic carbocycles. The minimum absolute atomic E-state index is 0.0387. The Morgan fingerprint density at radius 2 is 1.91 bits per heavy atom. The highest BCUT2D eigenvalue weighted by Gasteiger charge is 2.33. The van der Waals surface area contributed by atoms with E-state index in [0.717, 1.165) is 17.7 Å². The third kappa shape index (κ3) is 4.08. The van der Waals surface area contributed by atoms with Gasteiger partial charge in [-0.2, -0.15) is 0 Å². The maximum absolute atomic E-state index is 11.2. The molecule has 5 rings (SSSR count). The molecule has 0 amide bonds. The Bertz CT molecular complexity index is 1430. The zero-order valence-corrected chi connectivity index (χ0v) is 19.8. The van der Waals surface area contributed by atoms with Gasteiger partial charge < -0.3 is 10.1 Å². The Morgan fingerprint density at radius 1 is 1.12 bits per heavy atom. The van der Waals surface area contributed by atoms with Crippen molar-refractivity contribution in [1.82, 2.24) is 39.9 Å². The van der Waals surface area contributed by atoms with Crippen LogP contribution in [-0.4, -0.2) is 52.1 Å². The fourth-order valence-corrected chi connectivity index (χ4v) is 4.76. The van der Waals surface area contributed by atoms with Crippen LogP contribution in [0.3, 0.4) is 0 Å². The smallest absolute Gasteiger partial charge is 0.298 e. The maximum Gasteiger partial charge on any atom is 0.298 e. The number of nitrogens with one attached hydrogen (secondary N) is 1. The van der Waals surface area contributed by atoms with Crippen LogP contribution in [0.15, 0.2) is 42.7 Å². The van der Waals surface area contributed by atoms with Gasteiger partial charge in [0.25, 0.3) is 6.47 Å². The molecular formula is C24H26N8O2. The zero-order chi connectivity index (χ0) is 24.1. The highest BCUT2D eigenvalue weighted by Crippen LogP contribution is 2.35. The topological polar surface area (TPSA) is 112 Å². The highest BCUT2D eigenvalue weighted by atomic mass is 16.5. The molecule has 4 heterocycles. The first kappa shape index (κ1) is 21.9. The van der Waals surface area contributed by atoms with E-state index in [1.807, 2.05) is 35.0 Å². The average Bonchev–Trinajstić information content (AvgIpc) is 3.37. The second kappa shape index (κ2) is 7.84. The summed E-state index contributed by atoms with van der Waals surface area (Å²) in [5.41, 5.74) is 3.95. The lowest BCUT2D eigenvalue weighted by atomic mass is 9.82. The molecule has 0 unspecified atom stereocenters. The van der Waals surface area contributed by atoms with Crippen molar-refractivity contribution < 1.29 is 9.53 Å². The van der Waals surface area contributed by atoms with Gasteiger partial charge in [0.1, 0.15) is 5.75 Å². The number of tetrazole rings is 1. The first-order chi connectivity index (χ1) is 16.1. The zero-order valence-electron chi connectivity index (χ0n) is 19.8. The van der Waals surface area contributed by atoms with Gasteiger partial charge in [-0.25, -0.2) is 14.6 Å². The summed E-state index contributed by atoms with van der Waals surface area (Å²) in [4.78, 5) is 20.8. The van der Waals surface area contributed by atoms with Crippen molar-refractivity contribution in [3.8, 4) is 28.4 Å². The SMILES string of the molecule is Cn1nnnc1-c1ccc(-c2cn3ccc(C4=CC(C)(C)NC(C)(C)C4)nc3n2)c(OC=O)c1. The number of carbonyl (C=O) groups excluding carboxylic acids is 1. The Labute approximate surface area is 196 Å². The summed E-state index contributed by atoms with van der Waals surface area (Å²) < 4.78 is 8.70. The van der Waals surface area contributed by atoms with Gasteiger partial charge in [0.15, 0.2) is 5.82 Å². The van der Waals surface area contributed by atoms with Gasteiger partial charge in [0, 0.05) is 41.6 Å². The Morgan fingerprint density at radius 3 is 2.62 bits per heavy atom. The van der Waals surface area contributed by atoms with Crippen LogP contribution < -0.4 is 10.1 Å². The highest BCUT2D eigenvalue weighted by molar-refractivity contribution is 5.75. The number of hydrogen-bond acceptors (Lipinski definition) is 8. The van der Waals surface area contributed by atoms with Crippen LogP contribution in [0.25, 0.3) is 34.0 Å². The van der Waals surface area contributed by atoms with Gasteiger partial charge in [0.05, 0.1) is 11.4 Å². The molecule has 4 aromatic rings. The molecule has 10 nitrogen and oxygen atoms in total. The van der Waals surface area contributed by atoms with Crippen molar-refractivity contribution in [2.24, 2.45) is 7.05 Å². The largest absolute Gasteiger partial charge is 0.428 e. The Balaban J connectivity index is 1.55. The summed E-state index contributed by atoms with van der Waals surface area (Å²) in [6.45, 7) is 9.12. The number of aryl methyl sites for hydroxylation is 1. The third-order valence-corrected chi connectivity index (χ3v) is 5.79. The minimum Gasteiger partial charge on any atom is -0.428 e. The van der Waals surface area contributed by atoms with E-state index in [2.05, 4.69) is 54.6 Å². The molecule has 10 heteroatoms. The molecular weight excluding hydrogens is 432 g/mol. The van der Waals surface area contributed by atoms with E-state index in [4.69, 9.17) is 14.7 Å². The number of fused-ring (bicyclic) bond motifs is 1. The second-order valence-corrected chi connectivity index (χ2v) is 9.77. The fraction of sp³-hybridized carbons (Fsp3) is 0.333. The molecule has 0 saturated carbocycles. The summed E-state index contributed by atoms with van der Waals surface area (Å²) in [6, 6.07) is 7.44. The van der Waals surface area contributed by atoms with E-state index < -0.39 is 0 Å². The van der Waals surface area contributed by atoms with Gasteiger partial charge >= 0.3 is 0 Å². The van der Waals surface area contributed by atoms with Crippen LogP contribution in [0, 0.1) is 0 Å². The van der Waals surface area contributed by atoms with Gasteiger partial charge in [-0.15, -0.1) is 5.10 Å². The number of hydrogen-bond donors (Lipinski definition) is 1. The maximum atomic E-state index is 11.2. The lowest BCUT2D eigenvalue weighted by molar-refractivity contribution is -0.120. The van der Waals surface area contributed by atoms with Gasteiger partial charge in [0.2, 0.25) is 5.78 Å². The van der Waals surface area contributed by atoms with E-state index >= 15 is 0 Å². The quantitative estimate of drug-likeness (QED) is 0.454. The van der Waals surface area contributed by atoms with Gasteiger partial charge in [-0.1, -0.05) is 12.1 Å². The minimum atomic E-state index is -0.132. The normalized spacial score (nSPS) is 16.9. The number of imidazole rings is 1. The van der Waals surface area contributed by atoms with E-state index in [9.17, 15) is 4.79 Å². The van der Waals surface area contributed by atoms with Crippen LogP contribution in [0.5, 0.6) is 5.75 Å². The van der Waals surface area contributed by atoms with Gasteiger partial charge in [-0.05, 0) is 68.3 Å². The predicted molar refractivity (Wildman–Crippen MR) is 127 cm³/mol. The predicted octanol–water partition coefficient (Wildman–Crippen LogP) is 3.06. The number of carbonyl (C=O) groups is 1. The molecule has 174 valence electrons. The molecule has 34 heavy (non-hydrogen) atoms. The molecule has 0 saturated heterocycles. The van der Waals surface area contributed by atoms with Crippen molar-refractivity contribution in [2.75, 3.05) is 0 Å². The van der Waals surface area contributed by atoms with E-state index in [-0.39, 0.29) is 11.1 Å². The van der Waals surface area contributed by atoms with Crippen molar-refractivity contribution >= 4 is 17.8 Å². The third-order valence-electron chi connectivity index (χ3n) is 5.79. The first-order valence-corrected chi connectivity index (χ1v) is 11.0. The molecule has 0 fully saturated rings. The summed E-state index contributed by atoms with van der Waals surface area (Å²) >= 11 is 0. The summed E-state index contributed by atoms with van der Waals surface area (Å²) in [6.07, 6.45) is 6.92. The van der Waals surface area contributed by atoms with Crippen molar-refractivity contribution in [3.05, 3.63) is 48.4 Å². The number of rotatable bonds is 5. The van der Waals surface area contributed by atoms with E-state index in [1.54, 1.807) is 17.8 Å². The van der Waals surface area contributed by atoms with E-state index in [0.29, 0.717) is 35.1 Å². The van der Waals surface area contributed by atoms with Crippen LogP contribution in [0.2, 0.25) is 0 Å². The number of nitrogens with zero attached hydrogens (tertiary/aromatic N) is 7. The van der Waals surface area contributed by atoms with Crippen molar-refractivity contribution in [3.63, 3.8) is 0 Å². The fourth-order valence-electron chi connectivity index (χ4n) is 4.76. The molecule has 1 aliphatic heterocycles. The van der Waals surface area contributed by atoms with Crippen LogP contribution in [-0.2, 0) is 11.8 Å². The molecule has 1 N–H and O–H groups in total. The standard InChI is InChI=1S/C24H26N8O2/c1-23(2)11-16(12-24(3,4)28-23)18-8-9-32-13-19(26-22(32)25-18)17-7-6-15(10-20(17)34-14-33)21-27-29-30-31(21)5/h6-11,13-14,28H,12H2,1-5H3.